The molecule has 0 aromatic carbocycles. The number of aliphatic hydroxyl groups excluding tert-OH is 1. The van der Waals surface area contributed by atoms with Crippen molar-refractivity contribution in [1.82, 2.24) is 10.6 Å². The summed E-state index contributed by atoms with van der Waals surface area (Å²) in [6, 6.07) is 2.59. The van der Waals surface area contributed by atoms with Crippen molar-refractivity contribution in [2.75, 3.05) is 13.1 Å². The van der Waals surface area contributed by atoms with Crippen LogP contribution in [-0.4, -0.2) is 36.3 Å². The van der Waals surface area contributed by atoms with E-state index in [0.717, 1.165) is 51.0 Å². The summed E-state index contributed by atoms with van der Waals surface area (Å²) in [7, 11) is 0. The summed E-state index contributed by atoms with van der Waals surface area (Å²) < 4.78 is 0. The quantitative estimate of drug-likeness (QED) is 0.536. The van der Waals surface area contributed by atoms with E-state index in [9.17, 15) is 5.11 Å². The van der Waals surface area contributed by atoms with Gasteiger partial charge in [0.2, 0.25) is 0 Å². The lowest BCUT2D eigenvalue weighted by atomic mass is 10.1. The highest BCUT2D eigenvalue weighted by Gasteiger charge is 2.28. The highest BCUT2D eigenvalue weighted by Crippen LogP contribution is 2.26. The predicted octanol–water partition coefficient (Wildman–Crippen LogP) is 1.39. The van der Waals surface area contributed by atoms with Crippen molar-refractivity contribution in [3.8, 4) is 6.07 Å². The zero-order valence-corrected chi connectivity index (χ0v) is 12.3. The first kappa shape index (κ1) is 15.1. The van der Waals surface area contributed by atoms with Gasteiger partial charge < -0.3 is 15.7 Å². The van der Waals surface area contributed by atoms with Crippen molar-refractivity contribution in [3.05, 3.63) is 0 Å². The third-order valence-corrected chi connectivity index (χ3v) is 4.45. The molecule has 0 amide bonds. The normalized spacial score (nSPS) is 34.0. The van der Waals surface area contributed by atoms with E-state index in [1.807, 2.05) is 6.92 Å². The molecule has 0 aromatic rings. The van der Waals surface area contributed by atoms with Gasteiger partial charge in [0.1, 0.15) is 0 Å². The fourth-order valence-electron chi connectivity index (χ4n) is 3.22. The van der Waals surface area contributed by atoms with Crippen LogP contribution in [0.15, 0.2) is 4.99 Å². The fraction of sp³-hybridized carbons (Fsp3) is 0.867. The Balaban J connectivity index is 1.90. The van der Waals surface area contributed by atoms with E-state index in [1.165, 1.54) is 0 Å². The molecule has 2 saturated carbocycles. The van der Waals surface area contributed by atoms with Crippen molar-refractivity contribution in [1.29, 1.82) is 5.26 Å². The highest BCUT2D eigenvalue weighted by molar-refractivity contribution is 5.80. The van der Waals surface area contributed by atoms with Crippen molar-refractivity contribution < 1.29 is 5.11 Å². The van der Waals surface area contributed by atoms with Gasteiger partial charge in [-0.25, -0.2) is 0 Å². The van der Waals surface area contributed by atoms with Crippen LogP contribution in [0.3, 0.4) is 0 Å². The molecule has 20 heavy (non-hydrogen) atoms. The Labute approximate surface area is 121 Å². The standard InChI is InChI=1S/C15H26N4O/c1-2-17-15(18-10-12-6-4-8-14(12)20)19-13-7-3-5-11(13)9-16/h11-14,20H,2-8,10H2,1H3,(H2,17,18,19). The summed E-state index contributed by atoms with van der Waals surface area (Å²) in [6.45, 7) is 3.52. The van der Waals surface area contributed by atoms with E-state index < -0.39 is 0 Å². The summed E-state index contributed by atoms with van der Waals surface area (Å²) in [5.74, 6) is 1.18. The average Bonchev–Trinajstić information content (AvgIpc) is 3.05. The van der Waals surface area contributed by atoms with Gasteiger partial charge in [-0.05, 0) is 39.0 Å². The number of guanidine groups is 1. The van der Waals surface area contributed by atoms with E-state index in [0.29, 0.717) is 12.5 Å². The number of hydrogen-bond donors (Lipinski definition) is 3. The number of nitrogens with one attached hydrogen (secondary N) is 2. The van der Waals surface area contributed by atoms with E-state index in [4.69, 9.17) is 5.26 Å². The monoisotopic (exact) mass is 278 g/mol. The molecule has 0 bridgehead atoms. The molecule has 2 fully saturated rings. The molecular weight excluding hydrogens is 252 g/mol. The maximum absolute atomic E-state index is 9.84. The predicted molar refractivity (Wildman–Crippen MR) is 79.2 cm³/mol. The van der Waals surface area contributed by atoms with Crippen molar-refractivity contribution in [2.45, 2.75) is 57.6 Å². The molecule has 0 spiro atoms. The van der Waals surface area contributed by atoms with Crippen LogP contribution in [0.2, 0.25) is 0 Å². The minimum atomic E-state index is -0.194. The van der Waals surface area contributed by atoms with Crippen LogP contribution in [0, 0.1) is 23.2 Å². The topological polar surface area (TPSA) is 80.4 Å². The number of aliphatic imine (C=N–C) groups is 1. The summed E-state index contributed by atoms with van der Waals surface area (Å²) >= 11 is 0. The van der Waals surface area contributed by atoms with Crippen LogP contribution in [0.1, 0.15) is 45.4 Å². The Morgan fingerprint density at radius 3 is 2.75 bits per heavy atom. The Kier molecular flexibility index (Phi) is 5.66. The van der Waals surface area contributed by atoms with Crippen LogP contribution in [-0.2, 0) is 0 Å². The average molecular weight is 278 g/mol. The third-order valence-electron chi connectivity index (χ3n) is 4.45. The van der Waals surface area contributed by atoms with Gasteiger partial charge in [0.25, 0.3) is 0 Å². The van der Waals surface area contributed by atoms with Gasteiger partial charge in [0.15, 0.2) is 5.96 Å². The minimum absolute atomic E-state index is 0.0935. The molecule has 3 N–H and O–H groups in total. The molecule has 4 unspecified atom stereocenters. The lowest BCUT2D eigenvalue weighted by Crippen LogP contribution is -2.45. The van der Waals surface area contributed by atoms with Crippen LogP contribution >= 0.6 is 0 Å². The zero-order valence-electron chi connectivity index (χ0n) is 12.3. The molecular formula is C15H26N4O. The van der Waals surface area contributed by atoms with Gasteiger partial charge in [-0.2, -0.15) is 5.26 Å². The summed E-state index contributed by atoms with van der Waals surface area (Å²) in [4.78, 5) is 4.60. The molecule has 112 valence electrons. The van der Waals surface area contributed by atoms with Gasteiger partial charge in [-0.15, -0.1) is 0 Å². The number of aliphatic hydroxyl groups is 1. The number of rotatable bonds is 4. The molecule has 2 rings (SSSR count). The summed E-state index contributed by atoms with van der Waals surface area (Å²) in [5.41, 5.74) is 0. The molecule has 5 heteroatoms. The van der Waals surface area contributed by atoms with Crippen LogP contribution < -0.4 is 10.6 Å². The van der Waals surface area contributed by atoms with Gasteiger partial charge in [0.05, 0.1) is 18.1 Å². The molecule has 4 atom stereocenters. The largest absolute Gasteiger partial charge is 0.393 e. The van der Waals surface area contributed by atoms with E-state index in [-0.39, 0.29) is 18.1 Å². The van der Waals surface area contributed by atoms with Crippen molar-refractivity contribution in [2.24, 2.45) is 16.8 Å². The Morgan fingerprint density at radius 1 is 1.30 bits per heavy atom. The van der Waals surface area contributed by atoms with Gasteiger partial charge in [-0.1, -0.05) is 6.42 Å². The summed E-state index contributed by atoms with van der Waals surface area (Å²) in [6.07, 6.45) is 6.00. The van der Waals surface area contributed by atoms with Gasteiger partial charge in [-0.3, -0.25) is 4.99 Å². The lowest BCUT2D eigenvalue weighted by Gasteiger charge is -2.20. The van der Waals surface area contributed by atoms with Crippen molar-refractivity contribution >= 4 is 5.96 Å². The van der Waals surface area contributed by atoms with Crippen LogP contribution in [0.25, 0.3) is 0 Å². The van der Waals surface area contributed by atoms with Crippen LogP contribution in [0.4, 0.5) is 0 Å². The first-order chi connectivity index (χ1) is 9.74. The molecule has 0 aromatic heterocycles. The number of nitriles is 1. The minimum Gasteiger partial charge on any atom is -0.393 e. The maximum Gasteiger partial charge on any atom is 0.191 e. The van der Waals surface area contributed by atoms with Crippen LogP contribution in [0.5, 0.6) is 0 Å². The Bertz CT molecular complexity index is 377. The SMILES string of the molecule is CCNC(=NCC1CCCC1O)NC1CCCC1C#N. The Morgan fingerprint density at radius 2 is 2.10 bits per heavy atom. The van der Waals surface area contributed by atoms with E-state index in [2.05, 4.69) is 21.7 Å². The molecule has 2 aliphatic carbocycles. The smallest absolute Gasteiger partial charge is 0.191 e. The first-order valence-corrected chi connectivity index (χ1v) is 7.87. The second-order valence-corrected chi connectivity index (χ2v) is 5.90. The molecule has 0 aliphatic heterocycles. The molecule has 0 heterocycles. The zero-order chi connectivity index (χ0) is 14.4. The third kappa shape index (κ3) is 3.86. The number of nitrogens with zero attached hydrogens (tertiary/aromatic N) is 2. The fourth-order valence-corrected chi connectivity index (χ4v) is 3.22. The maximum atomic E-state index is 9.84. The van der Waals surface area contributed by atoms with Gasteiger partial charge >= 0.3 is 0 Å². The molecule has 2 aliphatic rings. The first-order valence-electron chi connectivity index (χ1n) is 7.87. The number of hydrogen-bond acceptors (Lipinski definition) is 3. The van der Waals surface area contributed by atoms with Crippen molar-refractivity contribution in [3.63, 3.8) is 0 Å². The van der Waals surface area contributed by atoms with E-state index >= 15 is 0 Å². The van der Waals surface area contributed by atoms with E-state index in [1.54, 1.807) is 0 Å². The molecule has 0 radical (unpaired) electrons. The summed E-state index contributed by atoms with van der Waals surface area (Å²) in [5, 5.41) is 25.6. The van der Waals surface area contributed by atoms with Gasteiger partial charge in [0, 0.05) is 25.0 Å². The Hall–Kier alpha value is -1.28. The lowest BCUT2D eigenvalue weighted by molar-refractivity contribution is 0.136. The molecule has 5 nitrogen and oxygen atoms in total. The second-order valence-electron chi connectivity index (χ2n) is 5.90. The second kappa shape index (κ2) is 7.49. The molecule has 0 saturated heterocycles. The highest BCUT2D eigenvalue weighted by atomic mass is 16.3.